The summed E-state index contributed by atoms with van der Waals surface area (Å²) in [5, 5.41) is 3.10. The smallest absolute Gasteiger partial charge is 0.224 e. The Kier molecular flexibility index (Phi) is 4.58. The molecule has 1 rings (SSSR count). The molecule has 3 N–H and O–H groups in total. The van der Waals surface area contributed by atoms with Gasteiger partial charge < -0.3 is 11.1 Å². The standard InChI is InChI=1S/C12H24N2O/c1-8-4-5-11(6-9(8)2)14-12(15)10(3)7-13/h8-11H,4-7,13H2,1-3H3,(H,14,15). The van der Waals surface area contributed by atoms with E-state index in [2.05, 4.69) is 19.2 Å². The molecule has 1 saturated carbocycles. The van der Waals surface area contributed by atoms with E-state index >= 15 is 0 Å². The van der Waals surface area contributed by atoms with Crippen LogP contribution in [0.5, 0.6) is 0 Å². The normalized spacial score (nSPS) is 33.5. The van der Waals surface area contributed by atoms with Gasteiger partial charge >= 0.3 is 0 Å². The number of hydrogen-bond acceptors (Lipinski definition) is 2. The van der Waals surface area contributed by atoms with Crippen LogP contribution in [0.4, 0.5) is 0 Å². The minimum Gasteiger partial charge on any atom is -0.353 e. The maximum Gasteiger partial charge on any atom is 0.224 e. The fourth-order valence-corrected chi connectivity index (χ4v) is 2.13. The molecule has 0 aromatic heterocycles. The van der Waals surface area contributed by atoms with Crippen molar-refractivity contribution in [3.8, 4) is 0 Å². The summed E-state index contributed by atoms with van der Waals surface area (Å²) in [6.45, 7) is 6.88. The highest BCUT2D eigenvalue weighted by molar-refractivity contribution is 5.78. The first-order valence-corrected chi connectivity index (χ1v) is 6.05. The van der Waals surface area contributed by atoms with Gasteiger partial charge in [-0.1, -0.05) is 20.8 Å². The second kappa shape index (κ2) is 5.50. The average Bonchev–Trinajstić information content (AvgIpc) is 2.22. The summed E-state index contributed by atoms with van der Waals surface area (Å²) in [5.41, 5.74) is 5.47. The average molecular weight is 212 g/mol. The van der Waals surface area contributed by atoms with Crippen LogP contribution in [0.15, 0.2) is 0 Å². The van der Waals surface area contributed by atoms with Crippen molar-refractivity contribution in [2.75, 3.05) is 6.54 Å². The van der Waals surface area contributed by atoms with Gasteiger partial charge in [-0.05, 0) is 31.1 Å². The van der Waals surface area contributed by atoms with E-state index in [1.165, 1.54) is 6.42 Å². The fourth-order valence-electron chi connectivity index (χ4n) is 2.13. The van der Waals surface area contributed by atoms with Crippen molar-refractivity contribution < 1.29 is 4.79 Å². The Balaban J connectivity index is 2.36. The maximum atomic E-state index is 11.6. The lowest BCUT2D eigenvalue weighted by Crippen LogP contribution is -2.43. The maximum absolute atomic E-state index is 11.6. The first kappa shape index (κ1) is 12.5. The lowest BCUT2D eigenvalue weighted by atomic mass is 9.79. The molecule has 0 bridgehead atoms. The molecule has 15 heavy (non-hydrogen) atoms. The van der Waals surface area contributed by atoms with Crippen LogP contribution in [-0.4, -0.2) is 18.5 Å². The molecule has 1 fully saturated rings. The Labute approximate surface area is 92.8 Å². The molecule has 0 aliphatic heterocycles. The Morgan fingerprint density at radius 1 is 1.40 bits per heavy atom. The van der Waals surface area contributed by atoms with Gasteiger partial charge in [-0.3, -0.25) is 4.79 Å². The van der Waals surface area contributed by atoms with E-state index in [0.717, 1.165) is 24.7 Å². The summed E-state index contributed by atoms with van der Waals surface area (Å²) in [6, 6.07) is 0.373. The van der Waals surface area contributed by atoms with Gasteiger partial charge in [0.25, 0.3) is 0 Å². The van der Waals surface area contributed by atoms with Crippen LogP contribution in [-0.2, 0) is 4.79 Å². The van der Waals surface area contributed by atoms with Gasteiger partial charge in [-0.15, -0.1) is 0 Å². The number of nitrogens with two attached hydrogens (primary N) is 1. The Bertz CT molecular complexity index is 218. The third-order valence-corrected chi connectivity index (χ3v) is 3.75. The number of nitrogens with one attached hydrogen (secondary N) is 1. The molecular weight excluding hydrogens is 188 g/mol. The Morgan fingerprint density at radius 3 is 2.60 bits per heavy atom. The monoisotopic (exact) mass is 212 g/mol. The topological polar surface area (TPSA) is 55.1 Å². The third-order valence-electron chi connectivity index (χ3n) is 3.75. The fraction of sp³-hybridized carbons (Fsp3) is 0.917. The van der Waals surface area contributed by atoms with E-state index in [1.54, 1.807) is 0 Å². The van der Waals surface area contributed by atoms with Crippen molar-refractivity contribution in [1.29, 1.82) is 0 Å². The molecule has 0 spiro atoms. The van der Waals surface area contributed by atoms with Crippen LogP contribution in [0.2, 0.25) is 0 Å². The van der Waals surface area contributed by atoms with Gasteiger partial charge in [0.1, 0.15) is 0 Å². The summed E-state index contributed by atoms with van der Waals surface area (Å²) in [5.74, 6) is 1.58. The molecule has 4 unspecified atom stereocenters. The molecule has 0 heterocycles. The lowest BCUT2D eigenvalue weighted by molar-refractivity contribution is -0.125. The molecular formula is C12H24N2O. The minimum absolute atomic E-state index is 0.0559. The summed E-state index contributed by atoms with van der Waals surface area (Å²) < 4.78 is 0. The van der Waals surface area contributed by atoms with Crippen molar-refractivity contribution >= 4 is 5.91 Å². The molecule has 1 aliphatic rings. The van der Waals surface area contributed by atoms with Crippen LogP contribution in [0.25, 0.3) is 0 Å². The first-order valence-electron chi connectivity index (χ1n) is 6.05. The Morgan fingerprint density at radius 2 is 2.07 bits per heavy atom. The summed E-state index contributed by atoms with van der Waals surface area (Å²) in [4.78, 5) is 11.6. The SMILES string of the molecule is CC(CN)C(=O)NC1CCC(C)C(C)C1. The highest BCUT2D eigenvalue weighted by Crippen LogP contribution is 2.29. The quantitative estimate of drug-likeness (QED) is 0.745. The summed E-state index contributed by atoms with van der Waals surface area (Å²) in [6.07, 6.45) is 3.46. The molecule has 1 aliphatic carbocycles. The highest BCUT2D eigenvalue weighted by atomic mass is 16.1. The molecule has 1 amide bonds. The van der Waals surface area contributed by atoms with Crippen LogP contribution < -0.4 is 11.1 Å². The lowest BCUT2D eigenvalue weighted by Gasteiger charge is -2.33. The highest BCUT2D eigenvalue weighted by Gasteiger charge is 2.26. The number of carbonyl (C=O) groups is 1. The second-order valence-electron chi connectivity index (χ2n) is 5.11. The van der Waals surface area contributed by atoms with Gasteiger partial charge in [-0.2, -0.15) is 0 Å². The number of amides is 1. The van der Waals surface area contributed by atoms with Gasteiger partial charge in [0.2, 0.25) is 5.91 Å². The van der Waals surface area contributed by atoms with E-state index < -0.39 is 0 Å². The van der Waals surface area contributed by atoms with Gasteiger partial charge in [0.05, 0.1) is 0 Å². The molecule has 3 heteroatoms. The van der Waals surface area contributed by atoms with Crippen LogP contribution in [0.1, 0.15) is 40.0 Å². The van der Waals surface area contributed by atoms with Crippen molar-refractivity contribution in [2.24, 2.45) is 23.5 Å². The van der Waals surface area contributed by atoms with E-state index in [1.807, 2.05) is 6.92 Å². The van der Waals surface area contributed by atoms with Crippen molar-refractivity contribution in [3.63, 3.8) is 0 Å². The zero-order chi connectivity index (χ0) is 11.4. The van der Waals surface area contributed by atoms with E-state index in [9.17, 15) is 4.79 Å². The van der Waals surface area contributed by atoms with Gasteiger partial charge in [0.15, 0.2) is 0 Å². The van der Waals surface area contributed by atoms with Gasteiger partial charge in [-0.25, -0.2) is 0 Å². The predicted octanol–water partition coefficient (Wildman–Crippen LogP) is 1.52. The molecule has 0 saturated heterocycles. The molecule has 4 atom stereocenters. The van der Waals surface area contributed by atoms with Crippen molar-refractivity contribution in [1.82, 2.24) is 5.32 Å². The van der Waals surface area contributed by atoms with Crippen molar-refractivity contribution in [3.05, 3.63) is 0 Å². The zero-order valence-electron chi connectivity index (χ0n) is 10.1. The molecule has 0 radical (unpaired) electrons. The third kappa shape index (κ3) is 3.49. The van der Waals surface area contributed by atoms with Crippen molar-refractivity contribution in [2.45, 2.75) is 46.1 Å². The molecule has 0 aromatic carbocycles. The second-order valence-corrected chi connectivity index (χ2v) is 5.11. The summed E-state index contributed by atoms with van der Waals surface area (Å²) in [7, 11) is 0. The largest absolute Gasteiger partial charge is 0.353 e. The van der Waals surface area contributed by atoms with Gasteiger partial charge in [0, 0.05) is 18.5 Å². The number of hydrogen-bond donors (Lipinski definition) is 2. The predicted molar refractivity (Wildman–Crippen MR) is 62.3 cm³/mol. The van der Waals surface area contributed by atoms with E-state index in [0.29, 0.717) is 12.6 Å². The van der Waals surface area contributed by atoms with E-state index in [4.69, 9.17) is 5.73 Å². The van der Waals surface area contributed by atoms with Crippen LogP contribution >= 0.6 is 0 Å². The van der Waals surface area contributed by atoms with E-state index in [-0.39, 0.29) is 11.8 Å². The number of carbonyl (C=O) groups excluding carboxylic acids is 1. The molecule has 3 nitrogen and oxygen atoms in total. The molecule has 0 aromatic rings. The van der Waals surface area contributed by atoms with Crippen LogP contribution in [0, 0.1) is 17.8 Å². The number of rotatable bonds is 3. The van der Waals surface area contributed by atoms with Crippen LogP contribution in [0.3, 0.4) is 0 Å². The first-order chi connectivity index (χ1) is 7.04. The summed E-state index contributed by atoms with van der Waals surface area (Å²) >= 11 is 0. The Hall–Kier alpha value is -0.570. The zero-order valence-corrected chi connectivity index (χ0v) is 10.1. The molecule has 88 valence electrons. The minimum atomic E-state index is -0.0559.